The number of hydrogen-bond acceptors (Lipinski definition) is 2. The molecule has 1 aromatic rings. The number of ketones is 1. The van der Waals surface area contributed by atoms with Crippen LogP contribution in [-0.4, -0.2) is 11.7 Å². The second-order valence-corrected chi connectivity index (χ2v) is 4.36. The molecular formula is C14H15NO2. The van der Waals surface area contributed by atoms with Gasteiger partial charge in [-0.15, -0.1) is 0 Å². The van der Waals surface area contributed by atoms with Crippen LogP contribution in [-0.2, 0) is 9.59 Å². The van der Waals surface area contributed by atoms with E-state index in [0.29, 0.717) is 12.8 Å². The van der Waals surface area contributed by atoms with Crippen molar-refractivity contribution >= 4 is 17.8 Å². The molecule has 0 atom stereocenters. The molecule has 88 valence electrons. The summed E-state index contributed by atoms with van der Waals surface area (Å²) in [5.41, 5.74) is 0.279. The van der Waals surface area contributed by atoms with Crippen molar-refractivity contribution < 1.29 is 9.59 Å². The van der Waals surface area contributed by atoms with Gasteiger partial charge in [0.25, 0.3) is 0 Å². The lowest BCUT2D eigenvalue weighted by atomic mass is 10.0. The molecule has 3 heteroatoms. The zero-order chi connectivity index (χ0) is 12.3. The van der Waals surface area contributed by atoms with Crippen molar-refractivity contribution in [3.05, 3.63) is 42.1 Å². The van der Waals surface area contributed by atoms with Crippen LogP contribution >= 0.6 is 0 Å². The maximum atomic E-state index is 11.8. The van der Waals surface area contributed by atoms with Crippen LogP contribution in [0.15, 0.2) is 36.5 Å². The first kappa shape index (κ1) is 11.6. The third-order valence-electron chi connectivity index (χ3n) is 3.15. The third-order valence-corrected chi connectivity index (χ3v) is 3.15. The van der Waals surface area contributed by atoms with E-state index in [9.17, 15) is 9.59 Å². The number of Topliss-reactive ketones (excluding diaryl/α,β-unsaturated/α-hetero) is 1. The van der Waals surface area contributed by atoms with Crippen LogP contribution in [0.4, 0.5) is 0 Å². The summed E-state index contributed by atoms with van der Waals surface area (Å²) in [7, 11) is 0. The average molecular weight is 229 g/mol. The Hall–Kier alpha value is -1.90. The lowest BCUT2D eigenvalue weighted by Crippen LogP contribution is -2.32. The van der Waals surface area contributed by atoms with Crippen molar-refractivity contribution in [3.8, 4) is 0 Å². The van der Waals surface area contributed by atoms with Gasteiger partial charge in [0.15, 0.2) is 0 Å². The first-order valence-electron chi connectivity index (χ1n) is 5.69. The Morgan fingerprint density at radius 2 is 1.88 bits per heavy atom. The highest BCUT2D eigenvalue weighted by Gasteiger charge is 2.53. The van der Waals surface area contributed by atoms with Crippen LogP contribution in [0.5, 0.6) is 0 Å². The van der Waals surface area contributed by atoms with Gasteiger partial charge >= 0.3 is 0 Å². The molecule has 3 nitrogen and oxygen atoms in total. The Balaban J connectivity index is 1.93. The second kappa shape index (κ2) is 4.53. The summed E-state index contributed by atoms with van der Waals surface area (Å²) >= 11 is 0. The number of amides is 1. The minimum Gasteiger partial charge on any atom is -0.332 e. The highest BCUT2D eigenvalue weighted by Crippen LogP contribution is 2.46. The van der Waals surface area contributed by atoms with E-state index in [-0.39, 0.29) is 11.7 Å². The zero-order valence-electron chi connectivity index (χ0n) is 9.77. The predicted octanol–water partition coefficient (Wildman–Crippen LogP) is 2.14. The van der Waals surface area contributed by atoms with Gasteiger partial charge in [-0.1, -0.05) is 30.3 Å². The molecule has 1 aliphatic rings. The van der Waals surface area contributed by atoms with Gasteiger partial charge in [0.2, 0.25) is 5.91 Å². The van der Waals surface area contributed by atoms with Crippen molar-refractivity contribution in [3.63, 3.8) is 0 Å². The summed E-state index contributed by atoms with van der Waals surface area (Å²) < 4.78 is 0. The monoisotopic (exact) mass is 229 g/mol. The summed E-state index contributed by atoms with van der Waals surface area (Å²) in [4.78, 5) is 23.1. The summed E-state index contributed by atoms with van der Waals surface area (Å²) in [6.07, 6.45) is 4.76. The van der Waals surface area contributed by atoms with Gasteiger partial charge in [-0.2, -0.15) is 0 Å². The molecule has 1 aromatic carbocycles. The molecule has 0 spiro atoms. The predicted molar refractivity (Wildman–Crippen MR) is 66.0 cm³/mol. The number of benzene rings is 1. The fraction of sp³-hybridized carbons (Fsp3) is 0.286. The average Bonchev–Trinajstić information content (AvgIpc) is 3.11. The van der Waals surface area contributed by atoms with Gasteiger partial charge in [-0.25, -0.2) is 0 Å². The molecule has 0 aromatic heterocycles. The minimum atomic E-state index is -0.735. The van der Waals surface area contributed by atoms with E-state index in [1.807, 2.05) is 36.4 Å². The Morgan fingerprint density at radius 3 is 2.41 bits per heavy atom. The molecule has 1 saturated carbocycles. The summed E-state index contributed by atoms with van der Waals surface area (Å²) in [5, 5.41) is 2.67. The molecule has 1 aliphatic carbocycles. The van der Waals surface area contributed by atoms with E-state index in [0.717, 1.165) is 5.56 Å². The van der Waals surface area contributed by atoms with Crippen molar-refractivity contribution in [1.29, 1.82) is 0 Å². The van der Waals surface area contributed by atoms with Gasteiger partial charge in [0, 0.05) is 6.20 Å². The van der Waals surface area contributed by atoms with Crippen molar-refractivity contribution in [1.82, 2.24) is 5.32 Å². The smallest absolute Gasteiger partial charge is 0.237 e. The molecule has 17 heavy (non-hydrogen) atoms. The SMILES string of the molecule is CC(=O)C1(C(=O)NC=Cc2ccccc2)CC1. The van der Waals surface area contributed by atoms with Crippen molar-refractivity contribution in [2.45, 2.75) is 19.8 Å². The zero-order valence-corrected chi connectivity index (χ0v) is 9.77. The summed E-state index contributed by atoms with van der Waals surface area (Å²) in [6.45, 7) is 1.48. The van der Waals surface area contributed by atoms with Crippen LogP contribution in [0.3, 0.4) is 0 Å². The summed E-state index contributed by atoms with van der Waals surface area (Å²) in [5.74, 6) is -0.222. The standard InChI is InChI=1S/C14H15NO2/c1-11(16)14(8-9-14)13(17)15-10-7-12-5-3-2-4-6-12/h2-7,10H,8-9H2,1H3,(H,15,17). The molecule has 1 amide bonds. The number of carbonyl (C=O) groups excluding carboxylic acids is 2. The van der Waals surface area contributed by atoms with Gasteiger partial charge in [-0.3, -0.25) is 9.59 Å². The van der Waals surface area contributed by atoms with Crippen molar-refractivity contribution in [2.24, 2.45) is 5.41 Å². The molecule has 1 fully saturated rings. The number of nitrogens with one attached hydrogen (secondary N) is 1. The lowest BCUT2D eigenvalue weighted by Gasteiger charge is -2.08. The molecular weight excluding hydrogens is 214 g/mol. The fourth-order valence-corrected chi connectivity index (χ4v) is 1.78. The van der Waals surface area contributed by atoms with Crippen molar-refractivity contribution in [2.75, 3.05) is 0 Å². The maximum absolute atomic E-state index is 11.8. The minimum absolute atomic E-state index is 0.0388. The largest absolute Gasteiger partial charge is 0.332 e. The highest BCUT2D eigenvalue weighted by atomic mass is 16.2. The molecule has 0 unspecified atom stereocenters. The molecule has 0 bridgehead atoms. The number of carbonyl (C=O) groups is 2. The Bertz CT molecular complexity index is 458. The van der Waals surface area contributed by atoms with E-state index >= 15 is 0 Å². The van der Waals surface area contributed by atoms with E-state index in [2.05, 4.69) is 5.32 Å². The lowest BCUT2D eigenvalue weighted by molar-refractivity contribution is -0.134. The molecule has 0 saturated heterocycles. The molecule has 0 radical (unpaired) electrons. The molecule has 0 heterocycles. The van der Waals surface area contributed by atoms with Crippen LogP contribution in [0.2, 0.25) is 0 Å². The highest BCUT2D eigenvalue weighted by molar-refractivity contribution is 6.08. The Morgan fingerprint density at radius 1 is 1.24 bits per heavy atom. The second-order valence-electron chi connectivity index (χ2n) is 4.36. The van der Waals surface area contributed by atoms with Crippen LogP contribution in [0.1, 0.15) is 25.3 Å². The maximum Gasteiger partial charge on any atom is 0.237 e. The molecule has 2 rings (SSSR count). The Kier molecular flexibility index (Phi) is 3.09. The quantitative estimate of drug-likeness (QED) is 0.804. The van der Waals surface area contributed by atoms with E-state index in [1.54, 1.807) is 6.20 Å². The fourth-order valence-electron chi connectivity index (χ4n) is 1.78. The van der Waals surface area contributed by atoms with E-state index < -0.39 is 5.41 Å². The van der Waals surface area contributed by atoms with Gasteiger partial charge in [0.1, 0.15) is 11.2 Å². The normalized spacial score (nSPS) is 16.8. The third kappa shape index (κ3) is 2.44. The summed E-state index contributed by atoms with van der Waals surface area (Å²) in [6, 6.07) is 9.69. The molecule has 1 N–H and O–H groups in total. The topological polar surface area (TPSA) is 46.2 Å². The van der Waals surface area contributed by atoms with E-state index in [4.69, 9.17) is 0 Å². The first-order valence-corrected chi connectivity index (χ1v) is 5.69. The molecule has 0 aliphatic heterocycles. The van der Waals surface area contributed by atoms with Gasteiger partial charge in [0.05, 0.1) is 0 Å². The number of hydrogen-bond donors (Lipinski definition) is 1. The van der Waals surface area contributed by atoms with Crippen LogP contribution in [0.25, 0.3) is 6.08 Å². The van der Waals surface area contributed by atoms with E-state index in [1.165, 1.54) is 6.92 Å². The van der Waals surface area contributed by atoms with Gasteiger partial charge in [-0.05, 0) is 31.4 Å². The number of rotatable bonds is 4. The van der Waals surface area contributed by atoms with Crippen LogP contribution in [0, 0.1) is 5.41 Å². The van der Waals surface area contributed by atoms with Crippen LogP contribution < -0.4 is 5.32 Å². The van der Waals surface area contributed by atoms with Gasteiger partial charge < -0.3 is 5.32 Å². The first-order chi connectivity index (χ1) is 8.15. The Labute approximate surface area is 101 Å².